The van der Waals surface area contributed by atoms with Crippen molar-refractivity contribution in [3.05, 3.63) is 52.5 Å². The quantitative estimate of drug-likeness (QED) is 0.342. The molecule has 0 saturated heterocycles. The lowest BCUT2D eigenvalue weighted by Crippen LogP contribution is -2.34. The molecule has 0 bridgehead atoms. The summed E-state index contributed by atoms with van der Waals surface area (Å²) in [6.07, 6.45) is 1.91. The smallest absolute Gasteiger partial charge is 0.261 e. The molecule has 2 aromatic carbocycles. The number of halogens is 1. The first-order chi connectivity index (χ1) is 14.3. The van der Waals surface area contributed by atoms with Crippen LogP contribution in [-0.2, 0) is 4.79 Å². The number of hydrogen-bond acceptors (Lipinski definition) is 4. The van der Waals surface area contributed by atoms with Gasteiger partial charge in [-0.2, -0.15) is 0 Å². The predicted molar refractivity (Wildman–Crippen MR) is 128 cm³/mol. The van der Waals surface area contributed by atoms with E-state index in [1.54, 1.807) is 36.4 Å². The SMILES string of the molecule is CCCCOc1ccc(Br)cc1C(=O)NC(=S)Nc1ccc(NC(=O)C(C)C)cc1. The fraction of sp³-hybridized carbons (Fsp3) is 0.318. The molecule has 0 aliphatic rings. The van der Waals surface area contributed by atoms with Gasteiger partial charge in [0.15, 0.2) is 5.11 Å². The molecular weight excluding hydrogens is 466 g/mol. The highest BCUT2D eigenvalue weighted by Gasteiger charge is 2.15. The Morgan fingerprint density at radius 3 is 2.30 bits per heavy atom. The van der Waals surface area contributed by atoms with E-state index in [4.69, 9.17) is 17.0 Å². The first-order valence-corrected chi connectivity index (χ1v) is 11.0. The number of hydrogen-bond donors (Lipinski definition) is 3. The van der Waals surface area contributed by atoms with Gasteiger partial charge in [-0.25, -0.2) is 0 Å². The van der Waals surface area contributed by atoms with E-state index < -0.39 is 0 Å². The molecule has 0 unspecified atom stereocenters. The fourth-order valence-electron chi connectivity index (χ4n) is 2.39. The molecule has 8 heteroatoms. The number of thiocarbonyl (C=S) groups is 1. The zero-order chi connectivity index (χ0) is 22.1. The van der Waals surface area contributed by atoms with Crippen LogP contribution in [0.15, 0.2) is 46.9 Å². The van der Waals surface area contributed by atoms with E-state index in [0.29, 0.717) is 29.3 Å². The number of unbranched alkanes of at least 4 members (excludes halogenated alkanes) is 1. The zero-order valence-electron chi connectivity index (χ0n) is 17.3. The molecule has 0 spiro atoms. The monoisotopic (exact) mass is 491 g/mol. The summed E-state index contributed by atoms with van der Waals surface area (Å²) in [5, 5.41) is 8.63. The first kappa shape index (κ1) is 23.8. The molecule has 30 heavy (non-hydrogen) atoms. The van der Waals surface area contributed by atoms with Gasteiger partial charge in [-0.15, -0.1) is 0 Å². The average Bonchev–Trinajstić information content (AvgIpc) is 2.70. The third-order valence-corrected chi connectivity index (χ3v) is 4.80. The Morgan fingerprint density at radius 1 is 1.07 bits per heavy atom. The Bertz CT molecular complexity index is 901. The van der Waals surface area contributed by atoms with E-state index in [-0.39, 0.29) is 22.8 Å². The molecule has 0 saturated carbocycles. The van der Waals surface area contributed by atoms with Crippen molar-refractivity contribution in [2.45, 2.75) is 33.6 Å². The Labute approximate surface area is 190 Å². The second-order valence-electron chi connectivity index (χ2n) is 6.97. The summed E-state index contributed by atoms with van der Waals surface area (Å²) in [6, 6.07) is 12.4. The van der Waals surface area contributed by atoms with Crippen molar-refractivity contribution in [3.8, 4) is 5.75 Å². The third kappa shape index (κ3) is 7.42. The van der Waals surface area contributed by atoms with Crippen LogP contribution in [0.4, 0.5) is 11.4 Å². The van der Waals surface area contributed by atoms with Gasteiger partial charge in [-0.3, -0.25) is 14.9 Å². The van der Waals surface area contributed by atoms with Crippen LogP contribution >= 0.6 is 28.1 Å². The zero-order valence-corrected chi connectivity index (χ0v) is 19.7. The Balaban J connectivity index is 1.98. The summed E-state index contributed by atoms with van der Waals surface area (Å²) in [6.45, 7) is 6.28. The highest BCUT2D eigenvalue weighted by atomic mass is 79.9. The van der Waals surface area contributed by atoms with Crippen LogP contribution in [0.5, 0.6) is 5.75 Å². The van der Waals surface area contributed by atoms with Crippen LogP contribution in [0.3, 0.4) is 0 Å². The lowest BCUT2D eigenvalue weighted by atomic mass is 10.2. The molecule has 2 amide bonds. The number of carbonyl (C=O) groups excluding carboxylic acids is 2. The van der Waals surface area contributed by atoms with E-state index >= 15 is 0 Å². The van der Waals surface area contributed by atoms with Crippen molar-refractivity contribution in [1.29, 1.82) is 0 Å². The summed E-state index contributed by atoms with van der Waals surface area (Å²) in [5.41, 5.74) is 1.78. The number of anilines is 2. The van der Waals surface area contributed by atoms with Crippen LogP contribution in [0.1, 0.15) is 44.0 Å². The topological polar surface area (TPSA) is 79.5 Å². The van der Waals surface area contributed by atoms with Gasteiger partial charge in [0, 0.05) is 21.8 Å². The van der Waals surface area contributed by atoms with E-state index in [2.05, 4.69) is 38.8 Å². The number of benzene rings is 2. The molecule has 160 valence electrons. The van der Waals surface area contributed by atoms with Gasteiger partial charge < -0.3 is 15.4 Å². The summed E-state index contributed by atoms with van der Waals surface area (Å²) >= 11 is 8.65. The van der Waals surface area contributed by atoms with Gasteiger partial charge in [-0.05, 0) is 61.1 Å². The van der Waals surface area contributed by atoms with Crippen molar-refractivity contribution >= 4 is 56.4 Å². The van der Waals surface area contributed by atoms with Crippen molar-refractivity contribution in [1.82, 2.24) is 5.32 Å². The van der Waals surface area contributed by atoms with Crippen molar-refractivity contribution in [2.24, 2.45) is 5.92 Å². The Kier molecular flexibility index (Phi) is 9.26. The number of amides is 2. The molecule has 3 N–H and O–H groups in total. The van der Waals surface area contributed by atoms with Crippen molar-refractivity contribution in [2.75, 3.05) is 17.2 Å². The van der Waals surface area contributed by atoms with Crippen LogP contribution in [0, 0.1) is 5.92 Å². The van der Waals surface area contributed by atoms with Gasteiger partial charge in [0.1, 0.15) is 5.75 Å². The summed E-state index contributed by atoms with van der Waals surface area (Å²) in [4.78, 5) is 24.5. The minimum Gasteiger partial charge on any atom is -0.493 e. The summed E-state index contributed by atoms with van der Waals surface area (Å²) in [7, 11) is 0. The first-order valence-electron chi connectivity index (χ1n) is 9.75. The molecule has 0 heterocycles. The Hall–Kier alpha value is -2.45. The second-order valence-corrected chi connectivity index (χ2v) is 8.30. The fourth-order valence-corrected chi connectivity index (χ4v) is 2.96. The maximum Gasteiger partial charge on any atom is 0.261 e. The molecule has 0 atom stereocenters. The third-order valence-electron chi connectivity index (χ3n) is 4.10. The van der Waals surface area contributed by atoms with Gasteiger partial charge in [0.2, 0.25) is 5.91 Å². The largest absolute Gasteiger partial charge is 0.493 e. The lowest BCUT2D eigenvalue weighted by Gasteiger charge is -2.14. The number of ether oxygens (including phenoxy) is 1. The molecule has 0 aliphatic heterocycles. The minimum atomic E-state index is -0.360. The van der Waals surface area contributed by atoms with Gasteiger partial charge in [-0.1, -0.05) is 43.1 Å². The summed E-state index contributed by atoms with van der Waals surface area (Å²) < 4.78 is 6.51. The molecule has 0 radical (unpaired) electrons. The van der Waals surface area contributed by atoms with Crippen molar-refractivity contribution < 1.29 is 14.3 Å². The molecule has 0 aromatic heterocycles. The van der Waals surface area contributed by atoms with Crippen molar-refractivity contribution in [3.63, 3.8) is 0 Å². The molecule has 0 fully saturated rings. The van der Waals surface area contributed by atoms with E-state index in [1.165, 1.54) is 0 Å². The van der Waals surface area contributed by atoms with E-state index in [9.17, 15) is 9.59 Å². The Morgan fingerprint density at radius 2 is 1.70 bits per heavy atom. The van der Waals surface area contributed by atoms with Gasteiger partial charge in [0.25, 0.3) is 5.91 Å². The molecule has 2 rings (SSSR count). The van der Waals surface area contributed by atoms with Crippen LogP contribution in [0.2, 0.25) is 0 Å². The summed E-state index contributed by atoms with van der Waals surface area (Å²) in [5.74, 6) is 0.00208. The minimum absolute atomic E-state index is 0.0514. The highest BCUT2D eigenvalue weighted by molar-refractivity contribution is 9.10. The molecule has 2 aromatic rings. The van der Waals surface area contributed by atoms with E-state index in [0.717, 1.165) is 17.3 Å². The predicted octanol–water partition coefficient (Wildman–Crippen LogP) is 5.35. The molecule has 6 nitrogen and oxygen atoms in total. The van der Waals surface area contributed by atoms with E-state index in [1.807, 2.05) is 19.9 Å². The molecular formula is C22H26BrN3O3S. The van der Waals surface area contributed by atoms with Crippen LogP contribution < -0.4 is 20.7 Å². The normalized spacial score (nSPS) is 10.4. The standard InChI is InChI=1S/C22H26BrN3O3S/c1-4-5-12-29-19-11-6-15(23)13-18(19)21(28)26-22(30)25-17-9-7-16(8-10-17)24-20(27)14(2)3/h6-11,13-14H,4-5,12H2,1-3H3,(H,24,27)(H2,25,26,28,30). The molecule has 0 aliphatic carbocycles. The van der Waals surface area contributed by atoms with Gasteiger partial charge in [0.05, 0.1) is 12.2 Å². The lowest BCUT2D eigenvalue weighted by molar-refractivity contribution is -0.118. The van der Waals surface area contributed by atoms with Gasteiger partial charge >= 0.3 is 0 Å². The maximum atomic E-state index is 12.7. The van der Waals surface area contributed by atoms with Crippen LogP contribution in [0.25, 0.3) is 0 Å². The number of carbonyl (C=O) groups is 2. The maximum absolute atomic E-state index is 12.7. The van der Waals surface area contributed by atoms with Crippen LogP contribution in [-0.4, -0.2) is 23.5 Å². The highest BCUT2D eigenvalue weighted by Crippen LogP contribution is 2.24. The average molecular weight is 492 g/mol. The number of nitrogens with one attached hydrogen (secondary N) is 3. The second kappa shape index (κ2) is 11.7. The number of rotatable bonds is 8.